The van der Waals surface area contributed by atoms with Crippen LogP contribution in [0, 0.1) is 11.8 Å². The summed E-state index contributed by atoms with van der Waals surface area (Å²) in [6.45, 7) is 6.14. The number of likely N-dealkylation sites (tertiary alicyclic amines) is 2. The van der Waals surface area contributed by atoms with Gasteiger partial charge < -0.3 is 15.0 Å². The van der Waals surface area contributed by atoms with Crippen LogP contribution in [0.15, 0.2) is 22.5 Å². The van der Waals surface area contributed by atoms with Gasteiger partial charge in [0.15, 0.2) is 5.96 Å². The third-order valence-electron chi connectivity index (χ3n) is 5.76. The van der Waals surface area contributed by atoms with Gasteiger partial charge in [-0.3, -0.25) is 14.7 Å². The molecule has 1 N–H and O–H groups in total. The number of hydrogen-bond acceptors (Lipinski definition) is 5. The van der Waals surface area contributed by atoms with Gasteiger partial charge in [-0.05, 0) is 56.1 Å². The first-order valence-electron chi connectivity index (χ1n) is 9.97. The van der Waals surface area contributed by atoms with Crippen LogP contribution in [0.5, 0.6) is 0 Å². The lowest BCUT2D eigenvalue weighted by Gasteiger charge is -2.35. The van der Waals surface area contributed by atoms with Crippen LogP contribution in [0.25, 0.3) is 0 Å². The van der Waals surface area contributed by atoms with E-state index in [4.69, 9.17) is 4.74 Å². The Hall–Kier alpha value is -0.870. The van der Waals surface area contributed by atoms with E-state index in [0.717, 1.165) is 45.0 Å². The van der Waals surface area contributed by atoms with E-state index < -0.39 is 0 Å². The molecule has 0 spiro atoms. The van der Waals surface area contributed by atoms with Crippen molar-refractivity contribution >= 4 is 47.2 Å². The molecule has 2 aliphatic rings. The molecule has 0 unspecified atom stereocenters. The highest BCUT2D eigenvalue weighted by molar-refractivity contribution is 14.0. The van der Waals surface area contributed by atoms with Crippen molar-refractivity contribution < 1.29 is 9.53 Å². The van der Waals surface area contributed by atoms with E-state index in [-0.39, 0.29) is 35.9 Å². The summed E-state index contributed by atoms with van der Waals surface area (Å²) >= 11 is 1.85. The largest absolute Gasteiger partial charge is 0.469 e. The number of guanidine groups is 1. The topological polar surface area (TPSA) is 57.2 Å². The summed E-state index contributed by atoms with van der Waals surface area (Å²) in [5, 5.41) is 5.73. The lowest BCUT2D eigenvalue weighted by molar-refractivity contribution is -0.146. The number of hydrogen-bond donors (Lipinski definition) is 1. The highest BCUT2D eigenvalue weighted by Gasteiger charge is 2.27. The Morgan fingerprint density at radius 2 is 1.96 bits per heavy atom. The lowest BCUT2D eigenvalue weighted by atomic mass is 9.96. The highest BCUT2D eigenvalue weighted by Crippen LogP contribution is 2.21. The Morgan fingerprint density at radius 1 is 1.25 bits per heavy atom. The number of aliphatic imine (C=N–C) groups is 1. The standard InChI is InChI=1S/C20H32N4O2S.HI/c1-21-20(24-11-7-17(8-12-24)19(25)26-2)22-14-16-5-9-23(10-6-16)15-18-4-3-13-27-18;/h3-4,13,16-17H,5-12,14-15H2,1-2H3,(H,21,22);1H. The van der Waals surface area contributed by atoms with Crippen LogP contribution in [-0.4, -0.2) is 68.6 Å². The van der Waals surface area contributed by atoms with Crippen molar-refractivity contribution in [1.82, 2.24) is 15.1 Å². The molecule has 28 heavy (non-hydrogen) atoms. The number of methoxy groups -OCH3 is 1. The molecule has 2 saturated heterocycles. The van der Waals surface area contributed by atoms with Gasteiger partial charge in [0.1, 0.15) is 0 Å². The number of ether oxygens (including phenoxy) is 1. The summed E-state index contributed by atoms with van der Waals surface area (Å²) in [6.07, 6.45) is 4.16. The number of piperidine rings is 2. The first-order valence-corrected chi connectivity index (χ1v) is 10.9. The van der Waals surface area contributed by atoms with Gasteiger partial charge in [0, 0.05) is 38.1 Å². The SMILES string of the molecule is CN=C(NCC1CCN(Cc2cccs2)CC1)N1CCC(C(=O)OC)CC1.I. The highest BCUT2D eigenvalue weighted by atomic mass is 127. The van der Waals surface area contributed by atoms with Crippen molar-refractivity contribution in [3.63, 3.8) is 0 Å². The summed E-state index contributed by atoms with van der Waals surface area (Å²) in [6, 6.07) is 4.36. The van der Waals surface area contributed by atoms with Crippen LogP contribution in [0.1, 0.15) is 30.6 Å². The summed E-state index contributed by atoms with van der Waals surface area (Å²) in [5.74, 6) is 1.64. The van der Waals surface area contributed by atoms with Crippen LogP contribution in [0.3, 0.4) is 0 Å². The van der Waals surface area contributed by atoms with E-state index >= 15 is 0 Å². The smallest absolute Gasteiger partial charge is 0.308 e. The Bertz CT molecular complexity index is 610. The maximum Gasteiger partial charge on any atom is 0.308 e. The first kappa shape index (κ1) is 23.4. The molecular weight excluding hydrogens is 487 g/mol. The average molecular weight is 520 g/mol. The fourth-order valence-corrected chi connectivity index (χ4v) is 4.78. The summed E-state index contributed by atoms with van der Waals surface area (Å²) < 4.78 is 4.87. The van der Waals surface area contributed by atoms with Crippen molar-refractivity contribution in [1.29, 1.82) is 0 Å². The van der Waals surface area contributed by atoms with Gasteiger partial charge in [0.25, 0.3) is 0 Å². The van der Waals surface area contributed by atoms with E-state index in [1.54, 1.807) is 0 Å². The van der Waals surface area contributed by atoms with E-state index in [1.807, 2.05) is 18.4 Å². The Labute approximate surface area is 189 Å². The van der Waals surface area contributed by atoms with E-state index in [2.05, 4.69) is 37.6 Å². The zero-order valence-electron chi connectivity index (χ0n) is 16.9. The number of rotatable bonds is 5. The van der Waals surface area contributed by atoms with Gasteiger partial charge in [-0.2, -0.15) is 0 Å². The van der Waals surface area contributed by atoms with Crippen LogP contribution >= 0.6 is 35.3 Å². The van der Waals surface area contributed by atoms with Crippen molar-refractivity contribution in [3.8, 4) is 0 Å². The minimum absolute atomic E-state index is 0. The Kier molecular flexibility index (Phi) is 10.0. The molecule has 0 amide bonds. The Morgan fingerprint density at radius 3 is 2.54 bits per heavy atom. The van der Waals surface area contributed by atoms with Gasteiger partial charge in [-0.15, -0.1) is 35.3 Å². The number of nitrogens with one attached hydrogen (secondary N) is 1. The minimum atomic E-state index is -0.0769. The molecule has 3 rings (SSSR count). The number of carbonyl (C=O) groups excluding carboxylic acids is 1. The second kappa shape index (κ2) is 12.0. The van der Waals surface area contributed by atoms with Crippen molar-refractivity contribution in [2.75, 3.05) is 46.9 Å². The molecule has 2 aliphatic heterocycles. The number of thiophene rings is 1. The molecule has 8 heteroatoms. The van der Waals surface area contributed by atoms with Gasteiger partial charge in [-0.1, -0.05) is 6.07 Å². The molecule has 0 radical (unpaired) electrons. The predicted octanol–water partition coefficient (Wildman–Crippen LogP) is 3.04. The molecule has 1 aromatic heterocycles. The monoisotopic (exact) mass is 520 g/mol. The molecule has 158 valence electrons. The van der Waals surface area contributed by atoms with Crippen LogP contribution in [0.2, 0.25) is 0 Å². The number of carbonyl (C=O) groups is 1. The summed E-state index contributed by atoms with van der Waals surface area (Å²) in [7, 11) is 3.32. The number of nitrogens with zero attached hydrogens (tertiary/aromatic N) is 3. The summed E-state index contributed by atoms with van der Waals surface area (Å²) in [4.78, 5) is 22.4. The lowest BCUT2D eigenvalue weighted by Crippen LogP contribution is -2.48. The van der Waals surface area contributed by atoms with Gasteiger partial charge >= 0.3 is 5.97 Å². The molecule has 0 aliphatic carbocycles. The van der Waals surface area contributed by atoms with Crippen LogP contribution in [-0.2, 0) is 16.1 Å². The molecule has 0 bridgehead atoms. The molecule has 0 aromatic carbocycles. The van der Waals surface area contributed by atoms with E-state index in [0.29, 0.717) is 5.92 Å². The van der Waals surface area contributed by atoms with Crippen molar-refractivity contribution in [3.05, 3.63) is 22.4 Å². The van der Waals surface area contributed by atoms with E-state index in [1.165, 1.54) is 37.9 Å². The second-order valence-corrected chi connectivity index (χ2v) is 8.54. The zero-order valence-corrected chi connectivity index (χ0v) is 20.1. The van der Waals surface area contributed by atoms with Crippen molar-refractivity contribution in [2.45, 2.75) is 32.2 Å². The molecule has 0 atom stereocenters. The summed E-state index contributed by atoms with van der Waals surface area (Å²) in [5.41, 5.74) is 0. The molecular formula is C20H33IN4O2S. The third kappa shape index (κ3) is 6.59. The first-order chi connectivity index (χ1) is 13.2. The van der Waals surface area contributed by atoms with E-state index in [9.17, 15) is 4.79 Å². The maximum atomic E-state index is 11.7. The third-order valence-corrected chi connectivity index (χ3v) is 6.62. The number of halogens is 1. The minimum Gasteiger partial charge on any atom is -0.469 e. The van der Waals surface area contributed by atoms with Gasteiger partial charge in [0.05, 0.1) is 13.0 Å². The molecule has 3 heterocycles. The van der Waals surface area contributed by atoms with Gasteiger partial charge in [0.2, 0.25) is 0 Å². The molecule has 2 fully saturated rings. The zero-order chi connectivity index (χ0) is 19.1. The second-order valence-electron chi connectivity index (χ2n) is 7.51. The number of esters is 1. The normalized spacial score (nSPS) is 19.9. The molecule has 6 nitrogen and oxygen atoms in total. The van der Waals surface area contributed by atoms with Gasteiger partial charge in [-0.25, -0.2) is 0 Å². The maximum absolute atomic E-state index is 11.7. The predicted molar refractivity (Wildman–Crippen MR) is 125 cm³/mol. The molecule has 0 saturated carbocycles. The fourth-order valence-electron chi connectivity index (χ4n) is 4.03. The van der Waals surface area contributed by atoms with Crippen molar-refractivity contribution in [2.24, 2.45) is 16.8 Å². The van der Waals surface area contributed by atoms with Crippen LogP contribution in [0.4, 0.5) is 0 Å². The Balaban J connectivity index is 0.00000280. The average Bonchev–Trinajstić information content (AvgIpc) is 3.22. The molecule has 1 aromatic rings. The fraction of sp³-hybridized carbons (Fsp3) is 0.700. The van der Waals surface area contributed by atoms with Crippen LogP contribution < -0.4 is 5.32 Å². The quantitative estimate of drug-likeness (QED) is 0.280.